The highest BCUT2D eigenvalue weighted by Crippen LogP contribution is 2.68. The molecule has 1 heterocycles. The molecule has 0 aromatic carbocycles. The first-order valence-corrected chi connectivity index (χ1v) is 7.53. The number of halogens is 2. The van der Waals surface area contributed by atoms with Gasteiger partial charge in [0.05, 0.1) is 10.5 Å². The van der Waals surface area contributed by atoms with Crippen molar-refractivity contribution in [1.29, 1.82) is 0 Å². The third-order valence-electron chi connectivity index (χ3n) is 2.45. The van der Waals surface area contributed by atoms with Gasteiger partial charge in [-0.3, -0.25) is 0 Å². The average molecular weight is 230 g/mol. The second-order valence-electron chi connectivity index (χ2n) is 3.47. The largest absolute Gasteiger partial charge is 0.378 e. The van der Waals surface area contributed by atoms with E-state index >= 15 is 0 Å². The van der Waals surface area contributed by atoms with Crippen molar-refractivity contribution in [3.8, 4) is 0 Å². The SMILES string of the molecule is CCCC[P]1(O)CCC(Cl)C1Cl. The van der Waals surface area contributed by atoms with Crippen LogP contribution >= 0.6 is 30.7 Å². The van der Waals surface area contributed by atoms with Crippen LogP contribution in [0.4, 0.5) is 0 Å². The van der Waals surface area contributed by atoms with E-state index in [4.69, 9.17) is 23.2 Å². The second kappa shape index (κ2) is 4.46. The maximum Gasteiger partial charge on any atom is 0.0885 e. The van der Waals surface area contributed by atoms with Gasteiger partial charge in [0.1, 0.15) is 0 Å². The van der Waals surface area contributed by atoms with Crippen LogP contribution < -0.4 is 0 Å². The summed E-state index contributed by atoms with van der Waals surface area (Å²) in [7, 11) is -1.85. The Hall–Kier alpha value is 0.970. The summed E-state index contributed by atoms with van der Waals surface area (Å²) in [6, 6.07) is 0. The molecular weight excluding hydrogens is 214 g/mol. The van der Waals surface area contributed by atoms with Gasteiger partial charge in [0.25, 0.3) is 0 Å². The normalized spacial score (nSPS) is 42.0. The highest BCUT2D eigenvalue weighted by atomic mass is 35.5. The topological polar surface area (TPSA) is 20.2 Å². The van der Waals surface area contributed by atoms with Gasteiger partial charge in [-0.2, -0.15) is 0 Å². The molecule has 0 aromatic heterocycles. The van der Waals surface area contributed by atoms with Gasteiger partial charge < -0.3 is 4.89 Å². The van der Waals surface area contributed by atoms with Gasteiger partial charge in [0.2, 0.25) is 0 Å². The molecule has 73 valence electrons. The van der Waals surface area contributed by atoms with Crippen LogP contribution in [0, 0.1) is 0 Å². The Morgan fingerprint density at radius 2 is 2.17 bits per heavy atom. The molecule has 4 heteroatoms. The summed E-state index contributed by atoms with van der Waals surface area (Å²) in [4.78, 5) is 10.2. The van der Waals surface area contributed by atoms with E-state index in [0.717, 1.165) is 31.6 Å². The smallest absolute Gasteiger partial charge is 0.0885 e. The third-order valence-corrected chi connectivity index (χ3v) is 8.02. The molecule has 3 unspecified atom stereocenters. The van der Waals surface area contributed by atoms with E-state index in [1.807, 2.05) is 0 Å². The zero-order valence-electron chi connectivity index (χ0n) is 7.34. The molecule has 0 spiro atoms. The summed E-state index contributed by atoms with van der Waals surface area (Å²) in [6.07, 6.45) is 4.87. The van der Waals surface area contributed by atoms with Crippen molar-refractivity contribution in [2.75, 3.05) is 12.3 Å². The highest BCUT2D eigenvalue weighted by molar-refractivity contribution is 7.73. The molecule has 12 heavy (non-hydrogen) atoms. The molecule has 0 amide bonds. The third kappa shape index (κ3) is 2.26. The first kappa shape index (κ1) is 11.0. The fourth-order valence-corrected chi connectivity index (χ4v) is 6.24. The summed E-state index contributed by atoms with van der Waals surface area (Å²) in [5, 5.41) is -0.146. The Balaban J connectivity index is 2.47. The molecule has 1 aliphatic rings. The van der Waals surface area contributed by atoms with Crippen molar-refractivity contribution in [3.63, 3.8) is 0 Å². The first-order chi connectivity index (χ1) is 5.60. The summed E-state index contributed by atoms with van der Waals surface area (Å²) in [6.45, 7) is 2.13. The monoisotopic (exact) mass is 229 g/mol. The Morgan fingerprint density at radius 1 is 1.50 bits per heavy atom. The molecular formula is C8H16Cl2OP. The van der Waals surface area contributed by atoms with Crippen LogP contribution in [0.1, 0.15) is 26.2 Å². The molecule has 3 atom stereocenters. The van der Waals surface area contributed by atoms with Crippen molar-refractivity contribution >= 4 is 30.7 Å². The number of rotatable bonds is 3. The van der Waals surface area contributed by atoms with Crippen molar-refractivity contribution in [3.05, 3.63) is 0 Å². The lowest BCUT2D eigenvalue weighted by Gasteiger charge is -2.28. The summed E-state index contributed by atoms with van der Waals surface area (Å²) in [5.74, 6) is 0. The summed E-state index contributed by atoms with van der Waals surface area (Å²) < 4.78 is 0. The van der Waals surface area contributed by atoms with Crippen LogP contribution in [0.3, 0.4) is 0 Å². The lowest BCUT2D eigenvalue weighted by Crippen LogP contribution is -2.11. The van der Waals surface area contributed by atoms with Crippen molar-refractivity contribution in [2.45, 2.75) is 36.7 Å². The van der Waals surface area contributed by atoms with E-state index in [1.54, 1.807) is 0 Å². The second-order valence-corrected chi connectivity index (χ2v) is 8.23. The Kier molecular flexibility index (Phi) is 4.11. The van der Waals surface area contributed by atoms with Crippen molar-refractivity contribution in [1.82, 2.24) is 0 Å². The van der Waals surface area contributed by atoms with Gasteiger partial charge in [-0.05, 0) is 25.2 Å². The standard InChI is InChI=1S/C8H16Cl2OP/c1-2-3-5-12(11)6-4-7(9)8(12)10/h7-8,11H,2-6H2,1H3. The fraction of sp³-hybridized carbons (Fsp3) is 1.00. The van der Waals surface area contributed by atoms with Crippen LogP contribution in [0.2, 0.25) is 0 Å². The lowest BCUT2D eigenvalue weighted by molar-refractivity contribution is 0.596. The van der Waals surface area contributed by atoms with Crippen LogP contribution in [0.15, 0.2) is 0 Å². The van der Waals surface area contributed by atoms with Gasteiger partial charge in [-0.1, -0.05) is 13.3 Å². The van der Waals surface area contributed by atoms with Crippen molar-refractivity contribution in [2.24, 2.45) is 0 Å². The quantitative estimate of drug-likeness (QED) is 0.582. The van der Waals surface area contributed by atoms with Gasteiger partial charge in [-0.25, -0.2) is 0 Å². The molecule has 1 fully saturated rings. The fourth-order valence-electron chi connectivity index (χ4n) is 1.58. The maximum absolute atomic E-state index is 10.2. The van der Waals surface area contributed by atoms with E-state index in [1.165, 1.54) is 0 Å². The number of hydrogen-bond acceptors (Lipinski definition) is 1. The number of unbranched alkanes of at least 4 members (excludes halogenated alkanes) is 1. The molecule has 0 aliphatic carbocycles. The summed E-state index contributed by atoms with van der Waals surface area (Å²) in [5.41, 5.74) is 0. The molecule has 1 radical (unpaired) electrons. The summed E-state index contributed by atoms with van der Waals surface area (Å²) >= 11 is 12.0. The lowest BCUT2D eigenvalue weighted by atomic mass is 10.4. The first-order valence-electron chi connectivity index (χ1n) is 4.48. The van der Waals surface area contributed by atoms with E-state index < -0.39 is 7.49 Å². The zero-order chi connectivity index (χ0) is 9.19. The Bertz CT molecular complexity index is 156. The Labute approximate surface area is 84.9 Å². The highest BCUT2D eigenvalue weighted by Gasteiger charge is 2.43. The maximum atomic E-state index is 10.2. The minimum atomic E-state index is -1.85. The number of alkyl halides is 2. The molecule has 0 saturated carbocycles. The molecule has 1 N–H and O–H groups in total. The van der Waals surface area contributed by atoms with Crippen LogP contribution in [-0.2, 0) is 0 Å². The van der Waals surface area contributed by atoms with E-state index in [0.29, 0.717) is 0 Å². The predicted molar refractivity (Wildman–Crippen MR) is 57.7 cm³/mol. The van der Waals surface area contributed by atoms with Gasteiger partial charge in [0.15, 0.2) is 0 Å². The van der Waals surface area contributed by atoms with Gasteiger partial charge in [0, 0.05) is 7.49 Å². The van der Waals surface area contributed by atoms with E-state index in [9.17, 15) is 4.89 Å². The van der Waals surface area contributed by atoms with Crippen LogP contribution in [-0.4, -0.2) is 27.7 Å². The average Bonchev–Trinajstić information content (AvgIpc) is 2.31. The molecule has 0 aromatic rings. The predicted octanol–water partition coefficient (Wildman–Crippen LogP) is 3.29. The molecule has 0 bridgehead atoms. The zero-order valence-corrected chi connectivity index (χ0v) is 9.75. The van der Waals surface area contributed by atoms with Crippen LogP contribution in [0.5, 0.6) is 0 Å². The molecule has 1 aliphatic heterocycles. The molecule has 1 nitrogen and oxygen atoms in total. The molecule has 1 saturated heterocycles. The minimum Gasteiger partial charge on any atom is -0.378 e. The van der Waals surface area contributed by atoms with Crippen LogP contribution in [0.25, 0.3) is 0 Å². The van der Waals surface area contributed by atoms with E-state index in [2.05, 4.69) is 6.92 Å². The Morgan fingerprint density at radius 3 is 2.58 bits per heavy atom. The van der Waals surface area contributed by atoms with Gasteiger partial charge in [-0.15, -0.1) is 23.2 Å². The minimum absolute atomic E-state index is 0.00172. The van der Waals surface area contributed by atoms with Crippen molar-refractivity contribution < 1.29 is 4.89 Å². The van der Waals surface area contributed by atoms with E-state index in [-0.39, 0.29) is 10.5 Å². The molecule has 1 rings (SSSR count). The number of hydrogen-bond donors (Lipinski definition) is 1. The van der Waals surface area contributed by atoms with Gasteiger partial charge >= 0.3 is 0 Å².